The molecule has 0 unspecified atom stereocenters. The second kappa shape index (κ2) is 5.99. The molecule has 1 N–H and O–H groups in total. The number of nitrogens with one attached hydrogen (secondary N) is 1. The smallest absolute Gasteiger partial charge is 0.145 e. The zero-order valence-electron chi connectivity index (χ0n) is 12.8. The predicted molar refractivity (Wildman–Crippen MR) is 83.1 cm³/mol. The molecule has 0 aliphatic heterocycles. The molecule has 0 spiro atoms. The normalized spacial score (nSPS) is 10.7. The maximum absolute atomic E-state index is 5.51. The number of fused-ring (bicyclic) bond motifs is 1. The van der Waals surface area contributed by atoms with Crippen molar-refractivity contribution in [2.24, 2.45) is 0 Å². The molecule has 108 valence electrons. The van der Waals surface area contributed by atoms with Gasteiger partial charge >= 0.3 is 0 Å². The first-order chi connectivity index (χ1) is 9.63. The molecule has 2 aromatic rings. The summed E-state index contributed by atoms with van der Waals surface area (Å²) in [7, 11) is 3.34. The number of hydrogen-bond donors (Lipinski definition) is 1. The van der Waals surface area contributed by atoms with Crippen LogP contribution in [0.25, 0.3) is 10.9 Å². The summed E-state index contributed by atoms with van der Waals surface area (Å²) in [5.41, 5.74) is 4.08. The fourth-order valence-electron chi connectivity index (χ4n) is 2.33. The summed E-state index contributed by atoms with van der Waals surface area (Å²) in [5, 5.41) is 4.49. The molecule has 0 fully saturated rings. The number of methoxy groups -OCH3 is 2. The molecule has 0 atom stereocenters. The summed E-state index contributed by atoms with van der Waals surface area (Å²) in [5.74, 6) is 1.58. The van der Waals surface area contributed by atoms with Gasteiger partial charge in [0.05, 0.1) is 25.3 Å². The van der Waals surface area contributed by atoms with Crippen LogP contribution in [0.5, 0.6) is 11.5 Å². The molecular weight excluding hydrogens is 252 g/mol. The van der Waals surface area contributed by atoms with Crippen LogP contribution in [0.2, 0.25) is 0 Å². The Morgan fingerprint density at radius 2 is 1.75 bits per heavy atom. The number of aryl methyl sites for hydroxylation is 1. The van der Waals surface area contributed by atoms with Crippen molar-refractivity contribution in [1.82, 2.24) is 4.98 Å². The number of hydrogen-bond acceptors (Lipinski definition) is 4. The van der Waals surface area contributed by atoms with E-state index in [9.17, 15) is 0 Å². The molecule has 20 heavy (non-hydrogen) atoms. The minimum Gasteiger partial charge on any atom is -0.496 e. The molecule has 0 aliphatic carbocycles. The van der Waals surface area contributed by atoms with E-state index in [-0.39, 0.29) is 0 Å². The number of ether oxygens (including phenoxy) is 2. The average molecular weight is 274 g/mol. The van der Waals surface area contributed by atoms with E-state index in [0.717, 1.165) is 52.3 Å². The second-order valence-electron chi connectivity index (χ2n) is 4.82. The molecule has 1 aromatic heterocycles. The molecule has 1 aromatic carbocycles. The maximum Gasteiger partial charge on any atom is 0.145 e. The molecule has 2 rings (SSSR count). The van der Waals surface area contributed by atoms with Crippen molar-refractivity contribution >= 4 is 16.6 Å². The molecule has 4 nitrogen and oxygen atoms in total. The fraction of sp³-hybridized carbons (Fsp3) is 0.438. The molecule has 0 amide bonds. The molecule has 0 saturated heterocycles. The molecule has 1 heterocycles. The van der Waals surface area contributed by atoms with Gasteiger partial charge in [-0.3, -0.25) is 0 Å². The highest BCUT2D eigenvalue weighted by Gasteiger charge is 2.16. The minimum absolute atomic E-state index is 0.767. The second-order valence-corrected chi connectivity index (χ2v) is 4.82. The number of anilines is 1. The molecule has 0 radical (unpaired) electrons. The number of pyridine rings is 1. The molecule has 0 bridgehead atoms. The first-order valence-corrected chi connectivity index (χ1v) is 6.89. The van der Waals surface area contributed by atoms with Gasteiger partial charge in [0.2, 0.25) is 0 Å². The lowest BCUT2D eigenvalue weighted by Crippen LogP contribution is -2.06. The number of rotatable bonds is 5. The van der Waals surface area contributed by atoms with Crippen LogP contribution in [0.15, 0.2) is 12.1 Å². The van der Waals surface area contributed by atoms with Gasteiger partial charge in [-0.2, -0.15) is 0 Å². The van der Waals surface area contributed by atoms with Gasteiger partial charge in [0.25, 0.3) is 0 Å². The Bertz CT molecular complexity index is 624. The Morgan fingerprint density at radius 1 is 1.10 bits per heavy atom. The SMILES string of the molecule is CCCNc1c(C)c(C)nc2c(OC)ccc(OC)c12. The van der Waals surface area contributed by atoms with Crippen molar-refractivity contribution in [3.8, 4) is 11.5 Å². The quantitative estimate of drug-likeness (QED) is 0.903. The van der Waals surface area contributed by atoms with E-state index in [1.54, 1.807) is 14.2 Å². The van der Waals surface area contributed by atoms with Crippen LogP contribution in [0, 0.1) is 13.8 Å². The first-order valence-electron chi connectivity index (χ1n) is 6.89. The molecule has 0 aliphatic rings. The van der Waals surface area contributed by atoms with Crippen molar-refractivity contribution in [2.45, 2.75) is 27.2 Å². The van der Waals surface area contributed by atoms with Crippen LogP contribution in [-0.2, 0) is 0 Å². The van der Waals surface area contributed by atoms with Crippen molar-refractivity contribution in [3.05, 3.63) is 23.4 Å². The molecule has 4 heteroatoms. The lowest BCUT2D eigenvalue weighted by molar-refractivity contribution is 0.410. The topological polar surface area (TPSA) is 43.4 Å². The van der Waals surface area contributed by atoms with Crippen LogP contribution in [-0.4, -0.2) is 25.7 Å². The van der Waals surface area contributed by atoms with Crippen molar-refractivity contribution in [3.63, 3.8) is 0 Å². The first kappa shape index (κ1) is 14.4. The van der Waals surface area contributed by atoms with Crippen molar-refractivity contribution in [1.29, 1.82) is 0 Å². The van der Waals surface area contributed by atoms with Crippen LogP contribution in [0.3, 0.4) is 0 Å². The third-order valence-electron chi connectivity index (χ3n) is 3.54. The van der Waals surface area contributed by atoms with Crippen LogP contribution < -0.4 is 14.8 Å². The number of benzene rings is 1. The zero-order valence-corrected chi connectivity index (χ0v) is 12.8. The van der Waals surface area contributed by atoms with Gasteiger partial charge in [-0.15, -0.1) is 0 Å². The van der Waals surface area contributed by atoms with Crippen molar-refractivity contribution < 1.29 is 9.47 Å². The van der Waals surface area contributed by atoms with Gasteiger partial charge in [0, 0.05) is 12.2 Å². The average Bonchev–Trinajstić information content (AvgIpc) is 2.46. The van der Waals surface area contributed by atoms with E-state index in [4.69, 9.17) is 9.47 Å². The van der Waals surface area contributed by atoms with Gasteiger partial charge in [0.15, 0.2) is 0 Å². The van der Waals surface area contributed by atoms with Crippen molar-refractivity contribution in [2.75, 3.05) is 26.1 Å². The summed E-state index contributed by atoms with van der Waals surface area (Å²) in [4.78, 5) is 4.68. The monoisotopic (exact) mass is 274 g/mol. The number of aromatic nitrogens is 1. The lowest BCUT2D eigenvalue weighted by Gasteiger charge is -2.17. The number of nitrogens with zero attached hydrogens (tertiary/aromatic N) is 1. The Balaban J connectivity index is 2.81. The highest BCUT2D eigenvalue weighted by Crippen LogP contribution is 2.39. The Labute approximate surface area is 120 Å². The summed E-state index contributed by atoms with van der Waals surface area (Å²) in [6, 6.07) is 3.82. The van der Waals surface area contributed by atoms with E-state index in [1.165, 1.54) is 0 Å². The van der Waals surface area contributed by atoms with Gasteiger partial charge in [0.1, 0.15) is 17.0 Å². The third kappa shape index (κ3) is 2.38. The van der Waals surface area contributed by atoms with Crippen LogP contribution in [0.1, 0.15) is 24.6 Å². The van der Waals surface area contributed by atoms with Gasteiger partial charge in [-0.25, -0.2) is 4.98 Å². The zero-order chi connectivity index (χ0) is 14.7. The summed E-state index contributed by atoms with van der Waals surface area (Å²) < 4.78 is 10.9. The summed E-state index contributed by atoms with van der Waals surface area (Å²) in [6.07, 6.45) is 1.06. The standard InChI is InChI=1S/C16H22N2O2/c1-6-9-17-15-10(2)11(3)18-16-13(20-5)8-7-12(19-4)14(15)16/h7-8H,6,9H2,1-5H3,(H,17,18). The molecular formula is C16H22N2O2. The van der Waals surface area contributed by atoms with E-state index >= 15 is 0 Å². The van der Waals surface area contributed by atoms with Crippen LogP contribution >= 0.6 is 0 Å². The third-order valence-corrected chi connectivity index (χ3v) is 3.54. The van der Waals surface area contributed by atoms with E-state index in [2.05, 4.69) is 24.1 Å². The Morgan fingerprint density at radius 3 is 2.35 bits per heavy atom. The summed E-state index contributed by atoms with van der Waals surface area (Å²) >= 11 is 0. The Hall–Kier alpha value is -1.97. The maximum atomic E-state index is 5.51. The fourth-order valence-corrected chi connectivity index (χ4v) is 2.33. The minimum atomic E-state index is 0.767. The summed E-state index contributed by atoms with van der Waals surface area (Å²) in [6.45, 7) is 7.17. The molecule has 0 saturated carbocycles. The van der Waals surface area contributed by atoms with Crippen LogP contribution in [0.4, 0.5) is 5.69 Å². The predicted octanol–water partition coefficient (Wildman–Crippen LogP) is 3.69. The van der Waals surface area contributed by atoms with E-state index < -0.39 is 0 Å². The van der Waals surface area contributed by atoms with Gasteiger partial charge < -0.3 is 14.8 Å². The lowest BCUT2D eigenvalue weighted by atomic mass is 10.1. The van der Waals surface area contributed by atoms with Gasteiger partial charge in [-0.1, -0.05) is 6.92 Å². The van der Waals surface area contributed by atoms with E-state index in [0.29, 0.717) is 0 Å². The largest absolute Gasteiger partial charge is 0.496 e. The highest BCUT2D eigenvalue weighted by molar-refractivity contribution is 6.01. The Kier molecular flexibility index (Phi) is 4.32. The highest BCUT2D eigenvalue weighted by atomic mass is 16.5. The van der Waals surface area contributed by atoms with Gasteiger partial charge in [-0.05, 0) is 38.0 Å². The van der Waals surface area contributed by atoms with E-state index in [1.807, 2.05) is 19.1 Å².